The Kier molecular flexibility index (Phi) is 5.32. The number of aromatic nitrogens is 1. The highest BCUT2D eigenvalue weighted by Gasteiger charge is 2.17. The van der Waals surface area contributed by atoms with Gasteiger partial charge in [0.15, 0.2) is 5.69 Å². The van der Waals surface area contributed by atoms with Crippen LogP contribution in [0.2, 0.25) is 5.02 Å². The first-order valence-corrected chi connectivity index (χ1v) is 8.22. The van der Waals surface area contributed by atoms with Gasteiger partial charge in [-0.15, -0.1) is 0 Å². The van der Waals surface area contributed by atoms with Gasteiger partial charge in [0.05, 0.1) is 37.7 Å². The Labute approximate surface area is 159 Å². The molecule has 0 saturated carbocycles. The highest BCUT2D eigenvalue weighted by Crippen LogP contribution is 2.38. The third kappa shape index (κ3) is 3.59. The summed E-state index contributed by atoms with van der Waals surface area (Å²) in [6.07, 6.45) is 0. The van der Waals surface area contributed by atoms with Crippen molar-refractivity contribution in [3.8, 4) is 11.5 Å². The first kappa shape index (κ1) is 18.7. The van der Waals surface area contributed by atoms with Gasteiger partial charge in [-0.3, -0.25) is 0 Å². The third-order valence-electron chi connectivity index (χ3n) is 3.93. The number of rotatable bonds is 5. The molecule has 27 heavy (non-hydrogen) atoms. The molecule has 0 aliphatic carbocycles. The number of pyridine rings is 1. The number of hydrogen-bond donors (Lipinski definition) is 1. The lowest BCUT2D eigenvalue weighted by molar-refractivity contribution is 0.0594. The number of anilines is 2. The summed E-state index contributed by atoms with van der Waals surface area (Å²) in [5.74, 6) is -0.332. The van der Waals surface area contributed by atoms with Gasteiger partial charge in [0.2, 0.25) is 0 Å². The number of carbonyl (C=O) groups is 1. The van der Waals surface area contributed by atoms with E-state index in [0.29, 0.717) is 33.3 Å². The van der Waals surface area contributed by atoms with Crippen molar-refractivity contribution in [2.24, 2.45) is 0 Å². The first-order chi connectivity index (χ1) is 13.0. The predicted octanol–water partition coefficient (Wildman–Crippen LogP) is 4.57. The van der Waals surface area contributed by atoms with Crippen molar-refractivity contribution >= 4 is 39.8 Å². The molecule has 3 aromatic rings. The lowest BCUT2D eigenvalue weighted by Crippen LogP contribution is -2.07. The highest BCUT2D eigenvalue weighted by atomic mass is 35.5. The van der Waals surface area contributed by atoms with Gasteiger partial charge in [-0.1, -0.05) is 23.7 Å². The first-order valence-electron chi connectivity index (χ1n) is 7.84. The Morgan fingerprint density at radius 3 is 2.48 bits per heavy atom. The number of methoxy groups -OCH3 is 3. The van der Waals surface area contributed by atoms with Crippen LogP contribution in [0, 0.1) is 5.82 Å². The van der Waals surface area contributed by atoms with Crippen LogP contribution in [0.4, 0.5) is 15.8 Å². The number of ether oxygens (including phenoxy) is 3. The number of nitrogens with zero attached hydrogens (tertiary/aromatic N) is 1. The van der Waals surface area contributed by atoms with Crippen LogP contribution in [0.15, 0.2) is 36.4 Å². The molecule has 0 fully saturated rings. The lowest BCUT2D eigenvalue weighted by atomic mass is 10.1. The van der Waals surface area contributed by atoms with E-state index in [4.69, 9.17) is 25.8 Å². The van der Waals surface area contributed by atoms with Crippen molar-refractivity contribution in [1.29, 1.82) is 0 Å². The molecule has 140 valence electrons. The summed E-state index contributed by atoms with van der Waals surface area (Å²) in [4.78, 5) is 16.0. The van der Waals surface area contributed by atoms with Crippen LogP contribution >= 0.6 is 11.6 Å². The average molecular weight is 391 g/mol. The van der Waals surface area contributed by atoms with Gasteiger partial charge >= 0.3 is 5.97 Å². The van der Waals surface area contributed by atoms with Gasteiger partial charge in [0, 0.05) is 11.5 Å². The minimum atomic E-state index is -0.678. The molecule has 0 amide bonds. The number of benzene rings is 2. The molecular weight excluding hydrogens is 375 g/mol. The normalized spacial score (nSPS) is 10.6. The number of fused-ring (bicyclic) bond motifs is 1. The molecule has 0 aliphatic heterocycles. The highest BCUT2D eigenvalue weighted by molar-refractivity contribution is 6.32. The fraction of sp³-hybridized carbons (Fsp3) is 0.158. The molecule has 1 heterocycles. The summed E-state index contributed by atoms with van der Waals surface area (Å²) in [7, 11) is 4.22. The van der Waals surface area contributed by atoms with E-state index in [1.807, 2.05) is 0 Å². The van der Waals surface area contributed by atoms with Crippen molar-refractivity contribution in [2.45, 2.75) is 0 Å². The number of nitrogens with one attached hydrogen (secondary N) is 1. The second-order valence-electron chi connectivity index (χ2n) is 5.49. The minimum absolute atomic E-state index is 0.0313. The summed E-state index contributed by atoms with van der Waals surface area (Å²) >= 11 is 6.21. The summed E-state index contributed by atoms with van der Waals surface area (Å²) in [5, 5.41) is 3.97. The number of hydrogen-bond acceptors (Lipinski definition) is 6. The van der Waals surface area contributed by atoms with Gasteiger partial charge in [-0.25, -0.2) is 14.2 Å². The van der Waals surface area contributed by atoms with Crippen LogP contribution in [0.25, 0.3) is 10.9 Å². The molecule has 1 N–H and O–H groups in total. The smallest absolute Gasteiger partial charge is 0.356 e. The van der Waals surface area contributed by atoms with Gasteiger partial charge < -0.3 is 19.5 Å². The Morgan fingerprint density at radius 1 is 1.07 bits per heavy atom. The van der Waals surface area contributed by atoms with Gasteiger partial charge in [0.25, 0.3) is 0 Å². The number of esters is 1. The van der Waals surface area contributed by atoms with Crippen LogP contribution in [-0.4, -0.2) is 32.3 Å². The molecule has 0 radical (unpaired) electrons. The quantitative estimate of drug-likeness (QED) is 0.643. The topological polar surface area (TPSA) is 69.7 Å². The fourth-order valence-electron chi connectivity index (χ4n) is 2.63. The summed E-state index contributed by atoms with van der Waals surface area (Å²) in [6, 6.07) is 9.22. The lowest BCUT2D eigenvalue weighted by Gasteiger charge is -2.16. The molecule has 0 spiro atoms. The average Bonchev–Trinajstić information content (AvgIpc) is 2.68. The monoisotopic (exact) mass is 390 g/mol. The minimum Gasteiger partial charge on any atom is -0.495 e. The Bertz CT molecular complexity index is 1030. The fourth-order valence-corrected chi connectivity index (χ4v) is 2.87. The second-order valence-corrected chi connectivity index (χ2v) is 5.90. The van der Waals surface area contributed by atoms with Crippen LogP contribution in [-0.2, 0) is 4.74 Å². The Balaban J connectivity index is 2.18. The van der Waals surface area contributed by atoms with Gasteiger partial charge in [0.1, 0.15) is 22.8 Å². The zero-order chi connectivity index (χ0) is 19.6. The van der Waals surface area contributed by atoms with Gasteiger partial charge in [-0.05, 0) is 18.2 Å². The Hall–Kier alpha value is -3.06. The van der Waals surface area contributed by atoms with Crippen molar-refractivity contribution in [3.63, 3.8) is 0 Å². The van der Waals surface area contributed by atoms with Crippen LogP contribution < -0.4 is 14.8 Å². The molecule has 0 unspecified atom stereocenters. The molecule has 0 aliphatic rings. The maximum Gasteiger partial charge on any atom is 0.356 e. The zero-order valence-corrected chi connectivity index (χ0v) is 15.6. The summed E-state index contributed by atoms with van der Waals surface area (Å²) in [5.41, 5.74) is 0.966. The van der Waals surface area contributed by atoms with Crippen molar-refractivity contribution in [3.05, 3.63) is 52.9 Å². The van der Waals surface area contributed by atoms with E-state index in [-0.39, 0.29) is 11.2 Å². The van der Waals surface area contributed by atoms with E-state index in [2.05, 4.69) is 10.3 Å². The molecule has 1 aromatic heterocycles. The molecular formula is C19H16ClFN2O4. The van der Waals surface area contributed by atoms with Crippen LogP contribution in [0.3, 0.4) is 0 Å². The standard InChI is InChI=1S/C19H16ClFN2O4/c1-25-16-9-17(26-2)14(7-11(16)20)22-13-8-15(19(24)27-3)23-18-10(13)5-4-6-12(18)21/h4-9H,1-3H3,(H,22,23). The van der Waals surface area contributed by atoms with Crippen molar-refractivity contribution in [1.82, 2.24) is 4.98 Å². The van der Waals surface area contributed by atoms with E-state index >= 15 is 0 Å². The molecule has 8 heteroatoms. The molecule has 6 nitrogen and oxygen atoms in total. The number of carbonyl (C=O) groups excluding carboxylic acids is 1. The van der Waals surface area contributed by atoms with Crippen molar-refractivity contribution < 1.29 is 23.4 Å². The van der Waals surface area contributed by atoms with E-state index < -0.39 is 11.8 Å². The largest absolute Gasteiger partial charge is 0.495 e. The van der Waals surface area contributed by atoms with Crippen molar-refractivity contribution in [2.75, 3.05) is 26.6 Å². The summed E-state index contributed by atoms with van der Waals surface area (Å²) < 4.78 is 29.5. The number of para-hydroxylation sites is 1. The summed E-state index contributed by atoms with van der Waals surface area (Å²) in [6.45, 7) is 0. The third-order valence-corrected chi connectivity index (χ3v) is 4.22. The second kappa shape index (κ2) is 7.67. The molecule has 0 bridgehead atoms. The van der Waals surface area contributed by atoms with E-state index in [9.17, 15) is 9.18 Å². The molecule has 2 aromatic carbocycles. The predicted molar refractivity (Wildman–Crippen MR) is 101 cm³/mol. The number of halogens is 2. The molecule has 0 atom stereocenters. The SMILES string of the molecule is COC(=O)c1cc(Nc2cc(Cl)c(OC)cc2OC)c2cccc(F)c2n1. The van der Waals surface area contributed by atoms with Crippen LogP contribution in [0.5, 0.6) is 11.5 Å². The molecule has 0 saturated heterocycles. The maximum absolute atomic E-state index is 14.3. The van der Waals surface area contributed by atoms with E-state index in [0.717, 1.165) is 0 Å². The molecule has 3 rings (SSSR count). The van der Waals surface area contributed by atoms with E-state index in [1.54, 1.807) is 24.3 Å². The maximum atomic E-state index is 14.3. The van der Waals surface area contributed by atoms with Gasteiger partial charge in [-0.2, -0.15) is 0 Å². The zero-order valence-electron chi connectivity index (χ0n) is 14.8. The van der Waals surface area contributed by atoms with E-state index in [1.165, 1.54) is 33.5 Å². The van der Waals surface area contributed by atoms with Crippen LogP contribution in [0.1, 0.15) is 10.5 Å². The Morgan fingerprint density at radius 2 is 1.81 bits per heavy atom.